The molecule has 0 radical (unpaired) electrons. The summed E-state index contributed by atoms with van der Waals surface area (Å²) in [6.45, 7) is 8.25. The number of nitrogens with zero attached hydrogens (tertiary/aromatic N) is 2. The minimum atomic E-state index is -0.117. The molecule has 0 unspecified atom stereocenters. The van der Waals surface area contributed by atoms with Crippen LogP contribution >= 0.6 is 11.6 Å². The molecule has 0 amide bonds. The minimum absolute atomic E-state index is 0.117. The first-order chi connectivity index (χ1) is 9.79. The molecular weight excluding hydrogens is 284 g/mol. The Kier molecular flexibility index (Phi) is 4.37. The average molecular weight is 305 g/mol. The molecule has 1 aromatic carbocycles. The van der Waals surface area contributed by atoms with Crippen LogP contribution in [0.2, 0.25) is 5.02 Å². The van der Waals surface area contributed by atoms with Gasteiger partial charge in [0.25, 0.3) is 0 Å². The van der Waals surface area contributed by atoms with Crippen LogP contribution in [0.25, 0.3) is 0 Å². The van der Waals surface area contributed by atoms with Crippen LogP contribution in [0, 0.1) is 6.92 Å². The fourth-order valence-electron chi connectivity index (χ4n) is 1.79. The highest BCUT2D eigenvalue weighted by molar-refractivity contribution is 6.31. The van der Waals surface area contributed by atoms with Gasteiger partial charge < -0.3 is 10.6 Å². The van der Waals surface area contributed by atoms with Crippen LogP contribution in [-0.2, 0) is 5.41 Å². The van der Waals surface area contributed by atoms with Crippen molar-refractivity contribution in [3.05, 3.63) is 40.7 Å². The lowest BCUT2D eigenvalue weighted by Crippen LogP contribution is -2.17. The van der Waals surface area contributed by atoms with E-state index >= 15 is 0 Å². The maximum atomic E-state index is 6.16. The standard InChI is InChI=1S/C16H21ClN4/c1-10-6-7-11(8-12(10)17)19-14-9-13(18-5)20-15(21-14)16(2,3)4/h6-9H,1-5H3,(H2,18,19,20,21). The van der Waals surface area contributed by atoms with Crippen molar-refractivity contribution >= 4 is 28.9 Å². The summed E-state index contributed by atoms with van der Waals surface area (Å²) in [7, 11) is 1.85. The van der Waals surface area contributed by atoms with E-state index in [4.69, 9.17) is 11.6 Å². The molecule has 2 N–H and O–H groups in total. The third kappa shape index (κ3) is 3.85. The number of aromatic nitrogens is 2. The van der Waals surface area contributed by atoms with Gasteiger partial charge in [-0.05, 0) is 24.6 Å². The number of nitrogens with one attached hydrogen (secondary N) is 2. The highest BCUT2D eigenvalue weighted by atomic mass is 35.5. The van der Waals surface area contributed by atoms with Crippen LogP contribution in [0.4, 0.5) is 17.3 Å². The third-order valence-corrected chi connectivity index (χ3v) is 3.50. The summed E-state index contributed by atoms with van der Waals surface area (Å²) >= 11 is 6.16. The molecule has 0 aliphatic heterocycles. The van der Waals surface area contributed by atoms with Gasteiger partial charge in [0.2, 0.25) is 0 Å². The fraction of sp³-hybridized carbons (Fsp3) is 0.375. The molecule has 2 aromatic rings. The van der Waals surface area contributed by atoms with E-state index in [9.17, 15) is 0 Å². The molecule has 112 valence electrons. The Morgan fingerprint density at radius 3 is 2.29 bits per heavy atom. The monoisotopic (exact) mass is 304 g/mol. The molecule has 1 aromatic heterocycles. The second-order valence-corrected chi connectivity index (χ2v) is 6.46. The summed E-state index contributed by atoms with van der Waals surface area (Å²) in [5, 5.41) is 7.09. The highest BCUT2D eigenvalue weighted by Crippen LogP contribution is 2.26. The van der Waals surface area contributed by atoms with Gasteiger partial charge in [-0.1, -0.05) is 38.4 Å². The largest absolute Gasteiger partial charge is 0.373 e. The Balaban J connectivity index is 2.36. The Morgan fingerprint density at radius 2 is 1.71 bits per heavy atom. The average Bonchev–Trinajstić information content (AvgIpc) is 2.41. The first-order valence-corrected chi connectivity index (χ1v) is 7.28. The summed E-state index contributed by atoms with van der Waals surface area (Å²) in [4.78, 5) is 9.10. The van der Waals surface area contributed by atoms with E-state index in [0.29, 0.717) is 0 Å². The van der Waals surface area contributed by atoms with E-state index in [1.165, 1.54) is 0 Å². The maximum absolute atomic E-state index is 6.16. The molecule has 2 rings (SSSR count). The molecule has 0 aliphatic rings. The minimum Gasteiger partial charge on any atom is -0.373 e. The summed E-state index contributed by atoms with van der Waals surface area (Å²) in [5.41, 5.74) is 1.84. The highest BCUT2D eigenvalue weighted by Gasteiger charge is 2.19. The maximum Gasteiger partial charge on any atom is 0.138 e. The van der Waals surface area contributed by atoms with Crippen molar-refractivity contribution in [2.24, 2.45) is 0 Å². The zero-order valence-electron chi connectivity index (χ0n) is 13.1. The van der Waals surface area contributed by atoms with E-state index < -0.39 is 0 Å². The van der Waals surface area contributed by atoms with Crippen molar-refractivity contribution in [3.63, 3.8) is 0 Å². The van der Waals surface area contributed by atoms with Gasteiger partial charge in [-0.15, -0.1) is 0 Å². The molecule has 0 atom stereocenters. The first-order valence-electron chi connectivity index (χ1n) is 6.90. The van der Waals surface area contributed by atoms with Crippen molar-refractivity contribution in [2.45, 2.75) is 33.1 Å². The lowest BCUT2D eigenvalue weighted by atomic mass is 9.96. The van der Waals surface area contributed by atoms with E-state index in [0.717, 1.165) is 33.7 Å². The van der Waals surface area contributed by atoms with E-state index in [2.05, 4.69) is 41.4 Å². The van der Waals surface area contributed by atoms with Gasteiger partial charge in [-0.25, -0.2) is 9.97 Å². The summed E-state index contributed by atoms with van der Waals surface area (Å²) < 4.78 is 0. The Hall–Kier alpha value is -1.81. The van der Waals surface area contributed by atoms with Crippen LogP contribution in [0.15, 0.2) is 24.3 Å². The molecule has 0 bridgehead atoms. The summed E-state index contributed by atoms with van der Waals surface area (Å²) in [6, 6.07) is 7.74. The molecule has 4 nitrogen and oxygen atoms in total. The number of benzene rings is 1. The lowest BCUT2D eigenvalue weighted by Gasteiger charge is -2.19. The van der Waals surface area contributed by atoms with Crippen molar-refractivity contribution in [1.29, 1.82) is 0 Å². The zero-order valence-corrected chi connectivity index (χ0v) is 13.8. The molecule has 0 saturated heterocycles. The summed E-state index contributed by atoms with van der Waals surface area (Å²) in [6.07, 6.45) is 0. The van der Waals surface area contributed by atoms with E-state index in [-0.39, 0.29) is 5.41 Å². The van der Waals surface area contributed by atoms with Crippen molar-refractivity contribution in [3.8, 4) is 0 Å². The van der Waals surface area contributed by atoms with Crippen molar-refractivity contribution < 1.29 is 0 Å². The molecule has 0 spiro atoms. The predicted molar refractivity (Wildman–Crippen MR) is 89.8 cm³/mol. The molecule has 0 saturated carbocycles. The Morgan fingerprint density at radius 1 is 1.05 bits per heavy atom. The Labute approximate surface area is 131 Å². The smallest absolute Gasteiger partial charge is 0.138 e. The van der Waals surface area contributed by atoms with Gasteiger partial charge in [0.05, 0.1) is 0 Å². The van der Waals surface area contributed by atoms with Gasteiger partial charge >= 0.3 is 0 Å². The lowest BCUT2D eigenvalue weighted by molar-refractivity contribution is 0.547. The predicted octanol–water partition coefficient (Wildman–Crippen LogP) is 4.52. The van der Waals surface area contributed by atoms with E-state index in [1.54, 1.807) is 0 Å². The van der Waals surface area contributed by atoms with Gasteiger partial charge in [0, 0.05) is 29.2 Å². The zero-order chi connectivity index (χ0) is 15.6. The van der Waals surface area contributed by atoms with Gasteiger partial charge in [-0.2, -0.15) is 0 Å². The van der Waals surface area contributed by atoms with Crippen LogP contribution < -0.4 is 10.6 Å². The second-order valence-electron chi connectivity index (χ2n) is 6.05. The third-order valence-electron chi connectivity index (χ3n) is 3.10. The number of aryl methyl sites for hydroxylation is 1. The van der Waals surface area contributed by atoms with Crippen LogP contribution in [0.3, 0.4) is 0 Å². The molecule has 5 heteroatoms. The topological polar surface area (TPSA) is 49.8 Å². The SMILES string of the molecule is CNc1cc(Nc2ccc(C)c(Cl)c2)nc(C(C)(C)C)n1. The molecule has 0 fully saturated rings. The summed E-state index contributed by atoms with van der Waals surface area (Å²) in [5.74, 6) is 2.32. The normalized spacial score (nSPS) is 11.3. The number of halogens is 1. The molecular formula is C16H21ClN4. The van der Waals surface area contributed by atoms with Crippen LogP contribution in [0.5, 0.6) is 0 Å². The van der Waals surface area contributed by atoms with Gasteiger partial charge in [0.1, 0.15) is 17.5 Å². The van der Waals surface area contributed by atoms with Crippen LogP contribution in [-0.4, -0.2) is 17.0 Å². The number of hydrogen-bond donors (Lipinski definition) is 2. The molecule has 21 heavy (non-hydrogen) atoms. The first kappa shape index (κ1) is 15.6. The van der Waals surface area contributed by atoms with Crippen molar-refractivity contribution in [1.82, 2.24) is 9.97 Å². The number of anilines is 3. The number of hydrogen-bond acceptors (Lipinski definition) is 4. The van der Waals surface area contributed by atoms with Crippen molar-refractivity contribution in [2.75, 3.05) is 17.7 Å². The van der Waals surface area contributed by atoms with Gasteiger partial charge in [-0.3, -0.25) is 0 Å². The van der Waals surface area contributed by atoms with Crippen LogP contribution in [0.1, 0.15) is 32.2 Å². The quantitative estimate of drug-likeness (QED) is 0.875. The molecule has 0 aliphatic carbocycles. The van der Waals surface area contributed by atoms with E-state index in [1.807, 2.05) is 38.2 Å². The fourth-order valence-corrected chi connectivity index (χ4v) is 1.97. The number of rotatable bonds is 3. The molecule has 1 heterocycles. The van der Waals surface area contributed by atoms with Gasteiger partial charge in [0.15, 0.2) is 0 Å². The Bertz CT molecular complexity index is 647. The second kappa shape index (κ2) is 5.90.